The van der Waals surface area contributed by atoms with E-state index in [1.165, 1.54) is 17.7 Å². The highest BCUT2D eigenvalue weighted by molar-refractivity contribution is 6.21. The molecular formula is C16H20N2O2. The lowest BCUT2D eigenvalue weighted by Gasteiger charge is -2.34. The monoisotopic (exact) mass is 272 g/mol. The molecule has 2 aliphatic heterocycles. The molecule has 4 nitrogen and oxygen atoms in total. The van der Waals surface area contributed by atoms with E-state index in [4.69, 9.17) is 0 Å². The summed E-state index contributed by atoms with van der Waals surface area (Å²) < 4.78 is 0. The van der Waals surface area contributed by atoms with Crippen LogP contribution in [0, 0.1) is 5.92 Å². The number of amides is 2. The highest BCUT2D eigenvalue weighted by atomic mass is 16.2. The largest absolute Gasteiger partial charge is 0.312 e. The summed E-state index contributed by atoms with van der Waals surface area (Å²) >= 11 is 0. The molecule has 1 aromatic rings. The van der Waals surface area contributed by atoms with Gasteiger partial charge in [-0.05, 0) is 37.4 Å². The van der Waals surface area contributed by atoms with Gasteiger partial charge in [0.25, 0.3) is 11.8 Å². The van der Waals surface area contributed by atoms with E-state index in [1.807, 2.05) is 0 Å². The Balaban J connectivity index is 1.79. The SMILES string of the molecule is CCC1CCCNC1CN1C(=O)c2ccccc2C1=O. The van der Waals surface area contributed by atoms with E-state index in [0.717, 1.165) is 13.0 Å². The molecule has 106 valence electrons. The van der Waals surface area contributed by atoms with Crippen LogP contribution in [0.1, 0.15) is 46.9 Å². The molecule has 1 N–H and O–H groups in total. The Labute approximate surface area is 119 Å². The highest BCUT2D eigenvalue weighted by Gasteiger charge is 2.37. The van der Waals surface area contributed by atoms with Gasteiger partial charge < -0.3 is 5.32 Å². The number of hydrogen-bond donors (Lipinski definition) is 1. The molecule has 1 aromatic carbocycles. The van der Waals surface area contributed by atoms with Crippen LogP contribution in [0.2, 0.25) is 0 Å². The second-order valence-corrected chi connectivity index (χ2v) is 5.64. The Kier molecular flexibility index (Phi) is 3.57. The Bertz CT molecular complexity index is 506. The number of hydrogen-bond acceptors (Lipinski definition) is 3. The standard InChI is InChI=1S/C16H20N2O2/c1-2-11-6-5-9-17-14(11)10-18-15(19)12-7-3-4-8-13(12)16(18)20/h3-4,7-8,11,14,17H,2,5-6,9-10H2,1H3. The quantitative estimate of drug-likeness (QED) is 0.857. The normalized spacial score (nSPS) is 25.9. The minimum Gasteiger partial charge on any atom is -0.312 e. The van der Waals surface area contributed by atoms with Crippen LogP contribution in [0.4, 0.5) is 0 Å². The van der Waals surface area contributed by atoms with Crippen molar-refractivity contribution in [2.24, 2.45) is 5.92 Å². The topological polar surface area (TPSA) is 49.4 Å². The molecule has 2 amide bonds. The summed E-state index contributed by atoms with van der Waals surface area (Å²) in [6, 6.07) is 7.32. The second kappa shape index (κ2) is 5.37. The fraction of sp³-hybridized carbons (Fsp3) is 0.500. The summed E-state index contributed by atoms with van der Waals surface area (Å²) in [6.45, 7) is 3.64. The maximum atomic E-state index is 12.4. The summed E-state index contributed by atoms with van der Waals surface area (Å²) in [6.07, 6.45) is 3.44. The molecule has 2 atom stereocenters. The summed E-state index contributed by atoms with van der Waals surface area (Å²) in [7, 11) is 0. The van der Waals surface area contributed by atoms with Gasteiger partial charge >= 0.3 is 0 Å². The van der Waals surface area contributed by atoms with E-state index in [-0.39, 0.29) is 17.9 Å². The predicted octanol–water partition coefficient (Wildman–Crippen LogP) is 2.06. The van der Waals surface area contributed by atoms with E-state index in [2.05, 4.69) is 12.2 Å². The van der Waals surface area contributed by atoms with E-state index < -0.39 is 0 Å². The lowest BCUT2D eigenvalue weighted by atomic mass is 9.88. The molecule has 0 aromatic heterocycles. The molecule has 0 saturated carbocycles. The molecule has 0 bridgehead atoms. The van der Waals surface area contributed by atoms with Crippen molar-refractivity contribution >= 4 is 11.8 Å². The zero-order chi connectivity index (χ0) is 14.1. The number of nitrogens with one attached hydrogen (secondary N) is 1. The van der Waals surface area contributed by atoms with Crippen LogP contribution < -0.4 is 5.32 Å². The summed E-state index contributed by atoms with van der Waals surface area (Å²) in [5, 5.41) is 3.47. The number of benzene rings is 1. The van der Waals surface area contributed by atoms with Crippen molar-refractivity contribution in [3.05, 3.63) is 35.4 Å². The van der Waals surface area contributed by atoms with Gasteiger partial charge in [0, 0.05) is 12.6 Å². The van der Waals surface area contributed by atoms with Gasteiger partial charge in [0.15, 0.2) is 0 Å². The van der Waals surface area contributed by atoms with E-state index in [9.17, 15) is 9.59 Å². The van der Waals surface area contributed by atoms with Gasteiger partial charge in [-0.3, -0.25) is 14.5 Å². The van der Waals surface area contributed by atoms with Crippen molar-refractivity contribution < 1.29 is 9.59 Å². The molecule has 20 heavy (non-hydrogen) atoms. The Hall–Kier alpha value is -1.68. The second-order valence-electron chi connectivity index (χ2n) is 5.64. The van der Waals surface area contributed by atoms with Crippen molar-refractivity contribution in [3.63, 3.8) is 0 Å². The molecule has 2 unspecified atom stereocenters. The van der Waals surface area contributed by atoms with Gasteiger partial charge in [-0.1, -0.05) is 25.5 Å². The van der Waals surface area contributed by atoms with Crippen molar-refractivity contribution in [1.29, 1.82) is 0 Å². The van der Waals surface area contributed by atoms with Crippen LogP contribution in [0.25, 0.3) is 0 Å². The average Bonchev–Trinajstić information content (AvgIpc) is 2.73. The maximum absolute atomic E-state index is 12.4. The minimum absolute atomic E-state index is 0.146. The molecule has 2 aliphatic rings. The molecule has 1 fully saturated rings. The van der Waals surface area contributed by atoms with Crippen molar-refractivity contribution in [2.75, 3.05) is 13.1 Å². The van der Waals surface area contributed by atoms with Gasteiger partial charge in [0.2, 0.25) is 0 Å². The Morgan fingerprint density at radius 2 is 1.85 bits per heavy atom. The van der Waals surface area contributed by atoms with E-state index in [1.54, 1.807) is 24.3 Å². The van der Waals surface area contributed by atoms with Crippen molar-refractivity contribution in [3.8, 4) is 0 Å². The third-order valence-electron chi connectivity index (χ3n) is 4.51. The number of nitrogens with zero attached hydrogens (tertiary/aromatic N) is 1. The first kappa shape index (κ1) is 13.3. The molecule has 0 aliphatic carbocycles. The molecule has 3 rings (SSSR count). The average molecular weight is 272 g/mol. The summed E-state index contributed by atoms with van der Waals surface area (Å²) in [5.41, 5.74) is 1.09. The number of carbonyl (C=O) groups is 2. The van der Waals surface area contributed by atoms with Gasteiger partial charge in [-0.15, -0.1) is 0 Å². The van der Waals surface area contributed by atoms with Crippen LogP contribution in [-0.4, -0.2) is 35.8 Å². The van der Waals surface area contributed by atoms with Crippen LogP contribution in [0.5, 0.6) is 0 Å². The zero-order valence-electron chi connectivity index (χ0n) is 11.8. The molecule has 4 heteroatoms. The van der Waals surface area contributed by atoms with Gasteiger partial charge in [-0.25, -0.2) is 0 Å². The van der Waals surface area contributed by atoms with Crippen molar-refractivity contribution in [2.45, 2.75) is 32.2 Å². The molecular weight excluding hydrogens is 252 g/mol. The van der Waals surface area contributed by atoms with Crippen LogP contribution >= 0.6 is 0 Å². The molecule has 1 saturated heterocycles. The Morgan fingerprint density at radius 3 is 2.45 bits per heavy atom. The first-order chi connectivity index (χ1) is 9.72. The van der Waals surface area contributed by atoms with Gasteiger partial charge in [0.05, 0.1) is 11.1 Å². The van der Waals surface area contributed by atoms with Gasteiger partial charge in [-0.2, -0.15) is 0 Å². The zero-order valence-corrected chi connectivity index (χ0v) is 11.8. The van der Waals surface area contributed by atoms with E-state index in [0.29, 0.717) is 23.6 Å². The Morgan fingerprint density at radius 1 is 1.20 bits per heavy atom. The van der Waals surface area contributed by atoms with Crippen LogP contribution in [-0.2, 0) is 0 Å². The molecule has 0 radical (unpaired) electrons. The lowest BCUT2D eigenvalue weighted by Crippen LogP contribution is -2.50. The first-order valence-electron chi connectivity index (χ1n) is 7.41. The fourth-order valence-electron chi connectivity index (χ4n) is 3.32. The summed E-state index contributed by atoms with van der Waals surface area (Å²) in [4.78, 5) is 26.1. The number of piperidine rings is 1. The summed E-state index contributed by atoms with van der Waals surface area (Å²) in [5.74, 6) is 0.258. The fourth-order valence-corrected chi connectivity index (χ4v) is 3.32. The first-order valence-corrected chi connectivity index (χ1v) is 7.41. The number of carbonyl (C=O) groups excluding carboxylic acids is 2. The van der Waals surface area contributed by atoms with Gasteiger partial charge in [0.1, 0.15) is 0 Å². The maximum Gasteiger partial charge on any atom is 0.261 e. The molecule has 0 spiro atoms. The number of rotatable bonds is 3. The highest BCUT2D eigenvalue weighted by Crippen LogP contribution is 2.26. The number of imide groups is 1. The lowest BCUT2D eigenvalue weighted by molar-refractivity contribution is 0.0614. The molecule has 2 heterocycles. The van der Waals surface area contributed by atoms with Crippen molar-refractivity contribution in [1.82, 2.24) is 10.2 Å². The van der Waals surface area contributed by atoms with Crippen LogP contribution in [0.3, 0.4) is 0 Å². The van der Waals surface area contributed by atoms with Crippen LogP contribution in [0.15, 0.2) is 24.3 Å². The van der Waals surface area contributed by atoms with E-state index >= 15 is 0 Å². The third kappa shape index (κ3) is 2.14. The number of fused-ring (bicyclic) bond motifs is 1. The predicted molar refractivity (Wildman–Crippen MR) is 76.6 cm³/mol. The third-order valence-corrected chi connectivity index (χ3v) is 4.51. The minimum atomic E-state index is -0.146. The smallest absolute Gasteiger partial charge is 0.261 e.